The molecule has 2 rings (SSSR count). The van der Waals surface area contributed by atoms with Gasteiger partial charge in [-0.2, -0.15) is 0 Å². The Bertz CT molecular complexity index is 770. The molecule has 2 aromatic carbocycles. The monoisotopic (exact) mass is 315 g/mol. The first-order chi connectivity index (χ1) is 10.9. The van der Waals surface area contributed by atoms with E-state index in [1.807, 2.05) is 0 Å². The van der Waals surface area contributed by atoms with Crippen LogP contribution in [0.3, 0.4) is 0 Å². The average Bonchev–Trinajstić information content (AvgIpc) is 2.54. The number of nitro groups is 1. The molecule has 0 saturated carbocycles. The molecule has 118 valence electrons. The number of carbonyl (C=O) groups excluding carboxylic acids is 2. The van der Waals surface area contributed by atoms with Crippen LogP contribution in [0.25, 0.3) is 0 Å². The van der Waals surface area contributed by atoms with Crippen LogP contribution in [-0.4, -0.2) is 23.8 Å². The summed E-state index contributed by atoms with van der Waals surface area (Å²) in [4.78, 5) is 34.2. The van der Waals surface area contributed by atoms with Gasteiger partial charge in [0.1, 0.15) is 5.56 Å². The molecule has 0 fully saturated rings. The predicted molar refractivity (Wildman–Crippen MR) is 80.8 cm³/mol. The van der Waals surface area contributed by atoms with Crippen molar-refractivity contribution in [3.8, 4) is 11.5 Å². The van der Waals surface area contributed by atoms with E-state index < -0.39 is 22.4 Å². The second-order valence-corrected chi connectivity index (χ2v) is 4.57. The van der Waals surface area contributed by atoms with Crippen molar-refractivity contribution in [1.82, 2.24) is 0 Å². The molecule has 7 nitrogen and oxygen atoms in total. The van der Waals surface area contributed by atoms with Gasteiger partial charge in [-0.15, -0.1) is 0 Å². The molecule has 0 amide bonds. The van der Waals surface area contributed by atoms with Crippen LogP contribution < -0.4 is 9.47 Å². The Morgan fingerprint density at radius 3 is 2.26 bits per heavy atom. The van der Waals surface area contributed by atoms with Gasteiger partial charge in [0.2, 0.25) is 0 Å². The van der Waals surface area contributed by atoms with Crippen LogP contribution in [0.2, 0.25) is 0 Å². The maximum Gasteiger partial charge on any atom is 0.308 e. The normalized spacial score (nSPS) is 10.0. The quantitative estimate of drug-likeness (QED) is 0.277. The fraction of sp³-hybridized carbons (Fsp3) is 0.125. The highest BCUT2D eigenvalue weighted by Crippen LogP contribution is 2.35. The lowest BCUT2D eigenvalue weighted by Gasteiger charge is -2.10. The van der Waals surface area contributed by atoms with E-state index in [4.69, 9.17) is 9.47 Å². The second-order valence-electron chi connectivity index (χ2n) is 4.57. The third-order valence-electron chi connectivity index (χ3n) is 3.01. The number of ketones is 1. The highest BCUT2D eigenvalue weighted by Gasteiger charge is 2.26. The minimum atomic E-state index is -0.706. The van der Waals surface area contributed by atoms with E-state index in [9.17, 15) is 19.7 Å². The van der Waals surface area contributed by atoms with Crippen LogP contribution in [0.5, 0.6) is 11.5 Å². The van der Waals surface area contributed by atoms with Gasteiger partial charge in [0, 0.05) is 18.6 Å². The number of hydrogen-bond acceptors (Lipinski definition) is 6. The van der Waals surface area contributed by atoms with Gasteiger partial charge in [-0.05, 0) is 0 Å². The molecule has 0 atom stereocenters. The Kier molecular flexibility index (Phi) is 4.70. The summed E-state index contributed by atoms with van der Waals surface area (Å²) < 4.78 is 9.94. The number of benzene rings is 2. The van der Waals surface area contributed by atoms with Crippen LogP contribution in [-0.2, 0) is 4.79 Å². The van der Waals surface area contributed by atoms with Gasteiger partial charge in [0.25, 0.3) is 5.69 Å². The highest BCUT2D eigenvalue weighted by molar-refractivity contribution is 6.12. The molecule has 0 heterocycles. The topological polar surface area (TPSA) is 95.7 Å². The summed E-state index contributed by atoms with van der Waals surface area (Å²) in [6.45, 7) is 1.16. The van der Waals surface area contributed by atoms with Gasteiger partial charge < -0.3 is 9.47 Å². The maximum absolute atomic E-state index is 12.5. The Labute approximate surface area is 131 Å². The van der Waals surface area contributed by atoms with E-state index in [0.29, 0.717) is 5.56 Å². The minimum absolute atomic E-state index is 0.0603. The molecular weight excluding hydrogens is 302 g/mol. The van der Waals surface area contributed by atoms with Crippen LogP contribution in [0, 0.1) is 10.1 Å². The summed E-state index contributed by atoms with van der Waals surface area (Å²) >= 11 is 0. The number of hydrogen-bond donors (Lipinski definition) is 0. The molecule has 0 aliphatic carbocycles. The first-order valence-electron chi connectivity index (χ1n) is 6.58. The van der Waals surface area contributed by atoms with Gasteiger partial charge in [0.15, 0.2) is 17.3 Å². The van der Waals surface area contributed by atoms with E-state index in [-0.39, 0.29) is 17.1 Å². The van der Waals surface area contributed by atoms with Crippen molar-refractivity contribution in [2.24, 2.45) is 0 Å². The zero-order chi connectivity index (χ0) is 17.0. The molecule has 0 saturated heterocycles. The highest BCUT2D eigenvalue weighted by atomic mass is 16.6. The van der Waals surface area contributed by atoms with Gasteiger partial charge >= 0.3 is 5.97 Å². The van der Waals surface area contributed by atoms with Crippen molar-refractivity contribution in [2.45, 2.75) is 6.92 Å². The Morgan fingerprint density at radius 1 is 1.09 bits per heavy atom. The van der Waals surface area contributed by atoms with Crippen LogP contribution in [0.4, 0.5) is 5.69 Å². The predicted octanol–water partition coefficient (Wildman–Crippen LogP) is 2.76. The van der Waals surface area contributed by atoms with Crippen LogP contribution in [0.15, 0.2) is 42.5 Å². The largest absolute Gasteiger partial charge is 0.493 e. The number of rotatable bonds is 5. The summed E-state index contributed by atoms with van der Waals surface area (Å²) in [5, 5.41) is 11.3. The average molecular weight is 315 g/mol. The molecule has 0 aliphatic rings. The third-order valence-corrected chi connectivity index (χ3v) is 3.01. The molecule has 2 aromatic rings. The fourth-order valence-electron chi connectivity index (χ4n) is 2.02. The number of esters is 1. The smallest absolute Gasteiger partial charge is 0.308 e. The Morgan fingerprint density at radius 2 is 1.74 bits per heavy atom. The van der Waals surface area contributed by atoms with Crippen molar-refractivity contribution in [3.05, 3.63) is 63.7 Å². The van der Waals surface area contributed by atoms with Crippen LogP contribution in [0.1, 0.15) is 22.8 Å². The van der Waals surface area contributed by atoms with Crippen molar-refractivity contribution < 1.29 is 24.0 Å². The molecular formula is C16H13NO6. The van der Waals surface area contributed by atoms with Crippen molar-refractivity contribution >= 4 is 17.4 Å². The van der Waals surface area contributed by atoms with E-state index in [1.165, 1.54) is 13.2 Å². The van der Waals surface area contributed by atoms with Crippen molar-refractivity contribution in [2.75, 3.05) is 7.11 Å². The Balaban J connectivity index is 2.60. The lowest BCUT2D eigenvalue weighted by atomic mass is 10.0. The minimum Gasteiger partial charge on any atom is -0.493 e. The van der Waals surface area contributed by atoms with Gasteiger partial charge in [0.05, 0.1) is 18.1 Å². The molecule has 0 N–H and O–H groups in total. The van der Waals surface area contributed by atoms with E-state index in [2.05, 4.69) is 0 Å². The summed E-state index contributed by atoms with van der Waals surface area (Å²) in [5.74, 6) is -1.23. The molecule has 0 aromatic heterocycles. The van der Waals surface area contributed by atoms with E-state index in [1.54, 1.807) is 30.3 Å². The van der Waals surface area contributed by atoms with E-state index in [0.717, 1.165) is 13.0 Å². The summed E-state index contributed by atoms with van der Waals surface area (Å²) in [6, 6.07) is 10.4. The first-order valence-corrected chi connectivity index (χ1v) is 6.58. The summed E-state index contributed by atoms with van der Waals surface area (Å²) in [5.41, 5.74) is -0.303. The van der Waals surface area contributed by atoms with Gasteiger partial charge in [-0.25, -0.2) is 0 Å². The lowest BCUT2D eigenvalue weighted by molar-refractivity contribution is -0.385. The zero-order valence-corrected chi connectivity index (χ0v) is 12.4. The second kappa shape index (κ2) is 6.69. The van der Waals surface area contributed by atoms with Gasteiger partial charge in [-0.1, -0.05) is 30.3 Å². The van der Waals surface area contributed by atoms with Crippen LogP contribution >= 0.6 is 0 Å². The number of carbonyl (C=O) groups is 2. The molecule has 0 spiro atoms. The number of nitrogens with zero attached hydrogens (tertiary/aromatic N) is 1. The number of nitro benzene ring substituents is 1. The third kappa shape index (κ3) is 3.52. The van der Waals surface area contributed by atoms with Crippen molar-refractivity contribution in [1.29, 1.82) is 0 Å². The SMILES string of the molecule is COc1cc(C(=O)c2ccccc2)c([N+](=O)[O-])cc1OC(C)=O. The number of ether oxygens (including phenoxy) is 2. The maximum atomic E-state index is 12.5. The van der Waals surface area contributed by atoms with Gasteiger partial charge in [-0.3, -0.25) is 19.7 Å². The molecule has 0 unspecified atom stereocenters. The summed E-state index contributed by atoms with van der Waals surface area (Å²) in [6.07, 6.45) is 0. The molecule has 23 heavy (non-hydrogen) atoms. The zero-order valence-electron chi connectivity index (χ0n) is 12.4. The lowest BCUT2D eigenvalue weighted by Crippen LogP contribution is -2.09. The molecule has 0 radical (unpaired) electrons. The first kappa shape index (κ1) is 16.2. The Hall–Kier alpha value is -3.22. The van der Waals surface area contributed by atoms with Crippen molar-refractivity contribution in [3.63, 3.8) is 0 Å². The standard InChI is InChI=1S/C16H13NO6/c1-10(18)23-15-9-13(17(20)21)12(8-14(15)22-2)16(19)11-6-4-3-5-7-11/h3-9H,1-2H3. The fourth-order valence-corrected chi connectivity index (χ4v) is 2.02. The molecule has 0 aliphatic heterocycles. The number of methoxy groups -OCH3 is 1. The summed E-state index contributed by atoms with van der Waals surface area (Å²) in [7, 11) is 1.31. The molecule has 7 heteroatoms. The molecule has 0 bridgehead atoms. The van der Waals surface area contributed by atoms with E-state index >= 15 is 0 Å².